The first-order valence-corrected chi connectivity index (χ1v) is 12.2. The van der Waals surface area contributed by atoms with Gasteiger partial charge in [-0.3, -0.25) is 4.79 Å². The SMILES string of the molecule is CCCN(CCC)c1ccc(C(c2cccc(C)c2)C(C)(C)C(=O)Nc2nncs2)cc1. The first kappa shape index (κ1) is 23.9. The number of nitrogens with one attached hydrogen (secondary N) is 1. The molecule has 5 nitrogen and oxygen atoms in total. The number of benzene rings is 2. The fourth-order valence-electron chi connectivity index (χ4n) is 4.28. The Morgan fingerprint density at radius 1 is 1.06 bits per heavy atom. The third-order valence-corrected chi connectivity index (χ3v) is 6.45. The minimum atomic E-state index is -0.701. The van der Waals surface area contributed by atoms with Gasteiger partial charge in [-0.1, -0.05) is 81.0 Å². The number of hydrogen-bond acceptors (Lipinski definition) is 5. The molecule has 2 aromatic carbocycles. The number of anilines is 2. The molecule has 1 N–H and O–H groups in total. The van der Waals surface area contributed by atoms with Gasteiger partial charge in [-0.05, 0) is 43.0 Å². The lowest BCUT2D eigenvalue weighted by Gasteiger charge is -2.34. The molecule has 3 rings (SSSR count). The average molecular weight is 451 g/mol. The van der Waals surface area contributed by atoms with Gasteiger partial charge >= 0.3 is 0 Å². The molecule has 1 amide bonds. The second-order valence-electron chi connectivity index (χ2n) is 8.85. The Kier molecular flexibility index (Phi) is 8.02. The van der Waals surface area contributed by atoms with Crippen molar-refractivity contribution in [2.75, 3.05) is 23.3 Å². The molecule has 0 bridgehead atoms. The average Bonchev–Trinajstić information content (AvgIpc) is 3.27. The molecule has 1 atom stereocenters. The van der Waals surface area contributed by atoms with Crippen LogP contribution in [0.2, 0.25) is 0 Å². The van der Waals surface area contributed by atoms with E-state index in [1.165, 1.54) is 22.6 Å². The second kappa shape index (κ2) is 10.7. The van der Waals surface area contributed by atoms with E-state index in [9.17, 15) is 4.79 Å². The van der Waals surface area contributed by atoms with Crippen molar-refractivity contribution in [3.05, 3.63) is 70.7 Å². The van der Waals surface area contributed by atoms with Crippen LogP contribution in [0, 0.1) is 12.3 Å². The largest absolute Gasteiger partial charge is 0.372 e. The maximum atomic E-state index is 13.4. The van der Waals surface area contributed by atoms with Crippen molar-refractivity contribution < 1.29 is 4.79 Å². The number of nitrogens with zero attached hydrogens (tertiary/aromatic N) is 3. The number of rotatable bonds is 10. The van der Waals surface area contributed by atoms with Crippen molar-refractivity contribution in [2.45, 2.75) is 53.4 Å². The lowest BCUT2D eigenvalue weighted by molar-refractivity contribution is -0.124. The van der Waals surface area contributed by atoms with Crippen LogP contribution in [0.15, 0.2) is 54.0 Å². The van der Waals surface area contributed by atoms with E-state index in [0.717, 1.165) is 37.1 Å². The summed E-state index contributed by atoms with van der Waals surface area (Å²) in [6, 6.07) is 17.2. The summed E-state index contributed by atoms with van der Waals surface area (Å²) >= 11 is 1.33. The van der Waals surface area contributed by atoms with Crippen LogP contribution in [0.3, 0.4) is 0 Å². The first-order valence-electron chi connectivity index (χ1n) is 11.4. The number of hydrogen-bond donors (Lipinski definition) is 1. The molecule has 0 saturated carbocycles. The maximum absolute atomic E-state index is 13.4. The van der Waals surface area contributed by atoms with Gasteiger partial charge in [-0.25, -0.2) is 0 Å². The van der Waals surface area contributed by atoms with Crippen LogP contribution in [0.25, 0.3) is 0 Å². The zero-order valence-corrected chi connectivity index (χ0v) is 20.6. The van der Waals surface area contributed by atoms with Crippen LogP contribution in [-0.4, -0.2) is 29.2 Å². The molecule has 1 unspecified atom stereocenters. The highest BCUT2D eigenvalue weighted by Gasteiger charge is 2.39. The van der Waals surface area contributed by atoms with E-state index in [4.69, 9.17) is 0 Å². The predicted octanol–water partition coefficient (Wildman–Crippen LogP) is 6.27. The van der Waals surface area contributed by atoms with Crippen LogP contribution in [0.4, 0.5) is 10.8 Å². The van der Waals surface area contributed by atoms with E-state index in [-0.39, 0.29) is 11.8 Å². The molecule has 32 heavy (non-hydrogen) atoms. The van der Waals surface area contributed by atoms with E-state index in [2.05, 4.69) is 89.7 Å². The van der Waals surface area contributed by atoms with Crippen molar-refractivity contribution in [1.29, 1.82) is 0 Å². The summed E-state index contributed by atoms with van der Waals surface area (Å²) in [5.41, 5.74) is 5.60. The van der Waals surface area contributed by atoms with Crippen molar-refractivity contribution >= 4 is 28.1 Å². The Morgan fingerprint density at radius 3 is 2.31 bits per heavy atom. The maximum Gasteiger partial charge on any atom is 0.232 e. The van der Waals surface area contributed by atoms with Crippen molar-refractivity contribution in [2.24, 2.45) is 5.41 Å². The molecular formula is C26H34N4OS. The summed E-state index contributed by atoms with van der Waals surface area (Å²) in [7, 11) is 0. The minimum Gasteiger partial charge on any atom is -0.372 e. The van der Waals surface area contributed by atoms with Gasteiger partial charge in [0, 0.05) is 24.7 Å². The summed E-state index contributed by atoms with van der Waals surface area (Å²) in [5.74, 6) is -0.168. The van der Waals surface area contributed by atoms with Gasteiger partial charge in [0.15, 0.2) is 0 Å². The topological polar surface area (TPSA) is 58.1 Å². The highest BCUT2D eigenvalue weighted by atomic mass is 32.1. The molecule has 3 aromatic rings. The summed E-state index contributed by atoms with van der Waals surface area (Å²) in [5, 5.41) is 11.3. The number of aromatic nitrogens is 2. The summed E-state index contributed by atoms with van der Waals surface area (Å²) in [6.45, 7) is 12.6. The number of carbonyl (C=O) groups excluding carboxylic acids is 1. The van der Waals surface area contributed by atoms with Gasteiger partial charge in [0.25, 0.3) is 0 Å². The summed E-state index contributed by atoms with van der Waals surface area (Å²) in [4.78, 5) is 15.8. The van der Waals surface area contributed by atoms with E-state index in [1.807, 2.05) is 13.8 Å². The second-order valence-corrected chi connectivity index (χ2v) is 9.68. The highest BCUT2D eigenvalue weighted by molar-refractivity contribution is 7.13. The van der Waals surface area contributed by atoms with Crippen LogP contribution < -0.4 is 10.2 Å². The Bertz CT molecular complexity index is 993. The standard InChI is InChI=1S/C26H34N4OS/c1-6-15-30(16-7-2)22-13-11-20(12-14-22)23(21-10-8-9-19(3)17-21)26(4,5)24(31)28-25-29-27-18-32-25/h8-14,17-18,23H,6-7,15-16H2,1-5H3,(H,28,29,31). The predicted molar refractivity (Wildman–Crippen MR) is 135 cm³/mol. The molecule has 0 radical (unpaired) electrons. The highest BCUT2D eigenvalue weighted by Crippen LogP contribution is 2.42. The van der Waals surface area contributed by atoms with E-state index in [1.54, 1.807) is 5.51 Å². The van der Waals surface area contributed by atoms with E-state index >= 15 is 0 Å². The van der Waals surface area contributed by atoms with Gasteiger partial charge in [0.1, 0.15) is 5.51 Å². The van der Waals surface area contributed by atoms with E-state index < -0.39 is 5.41 Å². The molecule has 1 aromatic heterocycles. The normalized spacial score (nSPS) is 12.4. The summed E-state index contributed by atoms with van der Waals surface area (Å²) < 4.78 is 0. The number of amides is 1. The molecule has 1 heterocycles. The fraction of sp³-hybridized carbons (Fsp3) is 0.423. The first-order chi connectivity index (χ1) is 15.4. The van der Waals surface area contributed by atoms with Crippen molar-refractivity contribution in [3.8, 4) is 0 Å². The molecule has 0 aliphatic carbocycles. The Morgan fingerprint density at radius 2 is 1.75 bits per heavy atom. The number of carbonyl (C=O) groups is 1. The molecular weight excluding hydrogens is 416 g/mol. The third-order valence-electron chi connectivity index (χ3n) is 5.84. The third kappa shape index (κ3) is 5.54. The lowest BCUT2D eigenvalue weighted by Crippen LogP contribution is -2.37. The molecule has 0 saturated heterocycles. The summed E-state index contributed by atoms with van der Waals surface area (Å²) in [6.07, 6.45) is 2.24. The monoisotopic (exact) mass is 450 g/mol. The molecule has 0 aliphatic rings. The Balaban J connectivity index is 1.98. The van der Waals surface area contributed by atoms with Crippen LogP contribution in [0.5, 0.6) is 0 Å². The zero-order chi connectivity index (χ0) is 23.1. The van der Waals surface area contributed by atoms with Gasteiger partial charge < -0.3 is 10.2 Å². The minimum absolute atomic E-state index is 0.0663. The van der Waals surface area contributed by atoms with Gasteiger partial charge in [0.05, 0.1) is 5.41 Å². The van der Waals surface area contributed by atoms with E-state index in [0.29, 0.717) is 5.13 Å². The zero-order valence-electron chi connectivity index (χ0n) is 19.8. The fourth-order valence-corrected chi connectivity index (χ4v) is 4.72. The molecule has 0 fully saturated rings. The molecule has 6 heteroatoms. The quantitative estimate of drug-likeness (QED) is 0.395. The molecule has 170 valence electrons. The van der Waals surface area contributed by atoms with Gasteiger partial charge in [-0.15, -0.1) is 10.2 Å². The number of aryl methyl sites for hydroxylation is 1. The van der Waals surface area contributed by atoms with Gasteiger partial charge in [-0.2, -0.15) is 0 Å². The Hall–Kier alpha value is -2.73. The van der Waals surface area contributed by atoms with Crippen molar-refractivity contribution in [1.82, 2.24) is 10.2 Å². The molecule has 0 aliphatic heterocycles. The van der Waals surface area contributed by atoms with Crippen LogP contribution in [-0.2, 0) is 4.79 Å². The molecule has 0 spiro atoms. The van der Waals surface area contributed by atoms with Crippen LogP contribution in [0.1, 0.15) is 63.1 Å². The van der Waals surface area contributed by atoms with Crippen molar-refractivity contribution in [3.63, 3.8) is 0 Å². The Labute approximate surface area is 195 Å². The smallest absolute Gasteiger partial charge is 0.232 e. The van der Waals surface area contributed by atoms with Crippen LogP contribution >= 0.6 is 11.3 Å². The van der Waals surface area contributed by atoms with Gasteiger partial charge in [0.2, 0.25) is 11.0 Å². The lowest BCUT2D eigenvalue weighted by atomic mass is 9.70.